The highest BCUT2D eigenvalue weighted by molar-refractivity contribution is 4.96. The summed E-state index contributed by atoms with van der Waals surface area (Å²) in [5, 5.41) is 0. The first-order valence-corrected chi connectivity index (χ1v) is 8.14. The van der Waals surface area contributed by atoms with E-state index in [-0.39, 0.29) is 0 Å². The lowest BCUT2D eigenvalue weighted by Gasteiger charge is -2.53. The number of piperidine rings is 1. The van der Waals surface area contributed by atoms with Gasteiger partial charge in [-0.25, -0.2) is 0 Å². The molecule has 0 unspecified atom stereocenters. The van der Waals surface area contributed by atoms with Gasteiger partial charge in [-0.3, -0.25) is 0 Å². The molecule has 0 N–H and O–H groups in total. The topological polar surface area (TPSA) is 15.7 Å². The van der Waals surface area contributed by atoms with Crippen LogP contribution in [0.3, 0.4) is 0 Å². The molecule has 0 saturated carbocycles. The fraction of sp³-hybridized carbons (Fsp3) is 1.00. The minimum atomic E-state index is 0.701. The van der Waals surface area contributed by atoms with Gasteiger partial charge in [0.1, 0.15) is 0 Å². The first-order valence-electron chi connectivity index (χ1n) is 8.14. The molecule has 0 atom stereocenters. The van der Waals surface area contributed by atoms with Crippen LogP contribution in [-0.2, 0) is 4.74 Å². The van der Waals surface area contributed by atoms with E-state index in [1.54, 1.807) is 7.11 Å². The second-order valence-corrected chi connectivity index (χ2v) is 5.36. The van der Waals surface area contributed by atoms with Crippen molar-refractivity contribution < 1.29 is 4.74 Å². The zero-order valence-electron chi connectivity index (χ0n) is 14.2. The van der Waals surface area contributed by atoms with Gasteiger partial charge in [-0.05, 0) is 44.8 Å². The molecule has 0 amide bonds. The highest BCUT2D eigenvalue weighted by Gasteiger charge is 2.42. The van der Waals surface area contributed by atoms with Crippen LogP contribution in [0.25, 0.3) is 0 Å². The maximum absolute atomic E-state index is 5.09. The van der Waals surface area contributed by atoms with E-state index in [4.69, 9.17) is 4.74 Å². The highest BCUT2D eigenvalue weighted by Crippen LogP contribution is 2.39. The maximum Gasteiger partial charge on any atom is 0.0474 e. The van der Waals surface area contributed by atoms with Crippen LogP contribution >= 0.6 is 0 Å². The molecule has 0 radical (unpaired) electrons. The van der Waals surface area contributed by atoms with Gasteiger partial charge in [-0.2, -0.15) is 0 Å². The van der Waals surface area contributed by atoms with Crippen molar-refractivity contribution in [3.05, 3.63) is 0 Å². The minimum Gasteiger partial charge on any atom is -0.385 e. The van der Waals surface area contributed by atoms with E-state index in [0.29, 0.717) is 5.41 Å². The Balaban J connectivity index is 0.000000741. The van der Waals surface area contributed by atoms with Crippen molar-refractivity contribution >= 4 is 0 Å². The molecular formula is C16H36N2O. The third-order valence-electron chi connectivity index (χ3n) is 3.95. The van der Waals surface area contributed by atoms with Gasteiger partial charge in [0.05, 0.1) is 0 Å². The second-order valence-electron chi connectivity index (χ2n) is 5.36. The van der Waals surface area contributed by atoms with Crippen LogP contribution in [0.4, 0.5) is 0 Å². The lowest BCUT2D eigenvalue weighted by molar-refractivity contribution is -0.0322. The molecule has 0 aromatic carbocycles. The molecule has 2 fully saturated rings. The summed E-state index contributed by atoms with van der Waals surface area (Å²) < 4.78 is 5.09. The second kappa shape index (κ2) is 10.6. The summed E-state index contributed by atoms with van der Waals surface area (Å²) in [5.41, 5.74) is 0.701. The summed E-state index contributed by atoms with van der Waals surface area (Å²) in [7, 11) is 4.02. The molecule has 116 valence electrons. The predicted octanol–water partition coefficient (Wildman–Crippen LogP) is 3.10. The van der Waals surface area contributed by atoms with Gasteiger partial charge >= 0.3 is 0 Å². The van der Waals surface area contributed by atoms with Gasteiger partial charge in [0.2, 0.25) is 0 Å². The lowest BCUT2D eigenvalue weighted by Crippen LogP contribution is -2.58. The van der Waals surface area contributed by atoms with Crippen molar-refractivity contribution in [3.8, 4) is 0 Å². The first-order chi connectivity index (χ1) is 9.24. The highest BCUT2D eigenvalue weighted by atomic mass is 16.5. The molecule has 2 aliphatic rings. The van der Waals surface area contributed by atoms with Crippen LogP contribution < -0.4 is 0 Å². The molecule has 1 spiro atoms. The molecule has 0 aromatic rings. The van der Waals surface area contributed by atoms with Crippen molar-refractivity contribution in [3.63, 3.8) is 0 Å². The van der Waals surface area contributed by atoms with Crippen molar-refractivity contribution in [2.24, 2.45) is 5.41 Å². The Morgan fingerprint density at radius 3 is 1.95 bits per heavy atom. The van der Waals surface area contributed by atoms with Crippen LogP contribution in [-0.4, -0.2) is 63.3 Å². The smallest absolute Gasteiger partial charge is 0.0474 e. The predicted molar refractivity (Wildman–Crippen MR) is 84.8 cm³/mol. The van der Waals surface area contributed by atoms with E-state index in [1.165, 1.54) is 52.0 Å². The summed E-state index contributed by atoms with van der Waals surface area (Å²) in [5.74, 6) is 0. The maximum atomic E-state index is 5.09. The van der Waals surface area contributed by atoms with Crippen LogP contribution in [0.15, 0.2) is 0 Å². The van der Waals surface area contributed by atoms with Gasteiger partial charge < -0.3 is 14.5 Å². The average Bonchev–Trinajstić information content (AvgIpc) is 2.44. The molecule has 3 nitrogen and oxygen atoms in total. The third-order valence-corrected chi connectivity index (χ3v) is 3.95. The van der Waals surface area contributed by atoms with Crippen LogP contribution in [0.1, 0.15) is 47.0 Å². The normalized spacial score (nSPS) is 21.8. The molecule has 2 rings (SSSR count). The van der Waals surface area contributed by atoms with Crippen molar-refractivity contribution in [2.75, 3.05) is 53.5 Å². The zero-order chi connectivity index (χ0) is 14.7. The Morgan fingerprint density at radius 1 is 1.00 bits per heavy atom. The Bertz CT molecular complexity index is 193. The molecule has 2 heterocycles. The molecule has 19 heavy (non-hydrogen) atoms. The van der Waals surface area contributed by atoms with Gasteiger partial charge in [0.15, 0.2) is 0 Å². The number of likely N-dealkylation sites (tertiary alicyclic amines) is 2. The molecule has 3 heteroatoms. The summed E-state index contributed by atoms with van der Waals surface area (Å²) >= 11 is 0. The number of hydrogen-bond donors (Lipinski definition) is 0. The van der Waals surface area contributed by atoms with E-state index >= 15 is 0 Å². The number of methoxy groups -OCH3 is 1. The molecular weight excluding hydrogens is 236 g/mol. The Kier molecular flexibility index (Phi) is 10.6. The van der Waals surface area contributed by atoms with E-state index < -0.39 is 0 Å². The summed E-state index contributed by atoms with van der Waals surface area (Å²) in [6.07, 6.45) is 4.00. The summed E-state index contributed by atoms with van der Waals surface area (Å²) in [6, 6.07) is 0. The monoisotopic (exact) mass is 272 g/mol. The van der Waals surface area contributed by atoms with Crippen LogP contribution in [0, 0.1) is 5.41 Å². The fourth-order valence-corrected chi connectivity index (χ4v) is 3.10. The molecule has 0 bridgehead atoms. The first kappa shape index (κ1) is 18.9. The lowest BCUT2D eigenvalue weighted by atomic mass is 9.72. The van der Waals surface area contributed by atoms with Crippen molar-refractivity contribution in [1.82, 2.24) is 9.80 Å². The van der Waals surface area contributed by atoms with Crippen LogP contribution in [0.5, 0.6) is 0 Å². The molecule has 0 aromatic heterocycles. The number of rotatable bonds is 4. The Morgan fingerprint density at radius 2 is 1.53 bits per heavy atom. The largest absolute Gasteiger partial charge is 0.385 e. The van der Waals surface area contributed by atoms with E-state index in [9.17, 15) is 0 Å². The zero-order valence-corrected chi connectivity index (χ0v) is 14.2. The SMILES string of the molecule is CC.CC.COCCCN1CCC2(CC1)CN(C)C2. The summed E-state index contributed by atoms with van der Waals surface area (Å²) in [4.78, 5) is 5.04. The van der Waals surface area contributed by atoms with Crippen LogP contribution in [0.2, 0.25) is 0 Å². The van der Waals surface area contributed by atoms with E-state index in [0.717, 1.165) is 6.61 Å². The van der Waals surface area contributed by atoms with Gasteiger partial charge in [0.25, 0.3) is 0 Å². The number of hydrogen-bond acceptors (Lipinski definition) is 3. The number of ether oxygens (including phenoxy) is 1. The Hall–Kier alpha value is -0.120. The fourth-order valence-electron chi connectivity index (χ4n) is 3.10. The molecule has 2 aliphatic heterocycles. The van der Waals surface area contributed by atoms with E-state index in [1.807, 2.05) is 27.7 Å². The van der Waals surface area contributed by atoms with Crippen molar-refractivity contribution in [1.29, 1.82) is 0 Å². The minimum absolute atomic E-state index is 0.701. The van der Waals surface area contributed by atoms with Crippen molar-refractivity contribution in [2.45, 2.75) is 47.0 Å². The standard InChI is InChI=1S/C12H24N2O.2C2H6/c1-13-10-12(11-13)4-7-14(8-5-12)6-3-9-15-2;2*1-2/h3-11H2,1-2H3;2*1-2H3. The molecule has 0 aliphatic carbocycles. The average molecular weight is 272 g/mol. The van der Waals surface area contributed by atoms with Gasteiger partial charge in [0, 0.05) is 33.4 Å². The Labute approximate surface area is 121 Å². The number of nitrogens with zero attached hydrogens (tertiary/aromatic N) is 2. The van der Waals surface area contributed by atoms with E-state index in [2.05, 4.69) is 16.8 Å². The molecule has 2 saturated heterocycles. The third kappa shape index (κ3) is 6.24. The van der Waals surface area contributed by atoms with Gasteiger partial charge in [-0.1, -0.05) is 27.7 Å². The quantitative estimate of drug-likeness (QED) is 0.731. The van der Waals surface area contributed by atoms with Gasteiger partial charge in [-0.15, -0.1) is 0 Å². The summed E-state index contributed by atoms with van der Waals surface area (Å²) in [6.45, 7) is 15.4.